The molecule has 0 fully saturated rings. The van der Waals surface area contributed by atoms with Gasteiger partial charge in [-0.1, -0.05) is 99.5 Å². The lowest BCUT2D eigenvalue weighted by atomic mass is 9.69. The van der Waals surface area contributed by atoms with E-state index in [-0.39, 0.29) is 12.8 Å². The van der Waals surface area contributed by atoms with Crippen LogP contribution in [0.5, 0.6) is 0 Å². The molecule has 0 bridgehead atoms. The molecule has 0 heterocycles. The fourth-order valence-corrected chi connectivity index (χ4v) is 5.11. The summed E-state index contributed by atoms with van der Waals surface area (Å²) in [6.07, 6.45) is 4.02. The molecule has 27 heavy (non-hydrogen) atoms. The van der Waals surface area contributed by atoms with Crippen LogP contribution in [0.4, 0.5) is 0 Å². The molecule has 1 atom stereocenters. The highest BCUT2D eigenvalue weighted by Gasteiger charge is 2.51. The second-order valence-electron chi connectivity index (χ2n) is 7.07. The standard InChI is InChI=1S/C26H20.CH4/c1-4-18-19-12-6-8-14-22(19)26(21(18)5-2)23-15-9-7-13-20(23)25-17(3)11-10-16-24(25)26;/h4-16H,1-2H2,3H3;1H4. The van der Waals surface area contributed by atoms with Crippen LogP contribution in [0.2, 0.25) is 0 Å². The molecule has 0 heteroatoms. The van der Waals surface area contributed by atoms with Crippen LogP contribution < -0.4 is 0 Å². The van der Waals surface area contributed by atoms with Crippen molar-refractivity contribution in [3.8, 4) is 11.1 Å². The molecular weight excluding hydrogens is 324 g/mol. The van der Waals surface area contributed by atoms with Crippen LogP contribution in [0.15, 0.2) is 97.6 Å². The quantitative estimate of drug-likeness (QED) is 0.464. The van der Waals surface area contributed by atoms with Crippen molar-refractivity contribution in [2.24, 2.45) is 0 Å². The van der Waals surface area contributed by atoms with E-state index in [0.29, 0.717) is 0 Å². The average Bonchev–Trinajstić information content (AvgIpc) is 3.14. The zero-order valence-electron chi connectivity index (χ0n) is 14.9. The Morgan fingerprint density at radius 2 is 1.30 bits per heavy atom. The van der Waals surface area contributed by atoms with E-state index in [1.54, 1.807) is 0 Å². The van der Waals surface area contributed by atoms with Gasteiger partial charge in [-0.15, -0.1) is 0 Å². The van der Waals surface area contributed by atoms with Crippen LogP contribution in [0, 0.1) is 6.92 Å². The summed E-state index contributed by atoms with van der Waals surface area (Å²) in [6, 6.07) is 24.2. The molecule has 0 amide bonds. The van der Waals surface area contributed by atoms with Crippen molar-refractivity contribution in [2.45, 2.75) is 19.8 Å². The number of benzene rings is 3. The molecule has 1 unspecified atom stereocenters. The largest absolute Gasteiger partial charge is 0.0987 e. The number of allylic oxidation sites excluding steroid dienone is 4. The summed E-state index contributed by atoms with van der Waals surface area (Å²) in [5.41, 5.74) is 11.5. The summed E-state index contributed by atoms with van der Waals surface area (Å²) < 4.78 is 0. The van der Waals surface area contributed by atoms with Crippen molar-refractivity contribution >= 4 is 5.57 Å². The molecule has 3 aromatic rings. The van der Waals surface area contributed by atoms with Crippen molar-refractivity contribution in [2.75, 3.05) is 0 Å². The van der Waals surface area contributed by atoms with Gasteiger partial charge in [-0.2, -0.15) is 0 Å². The van der Waals surface area contributed by atoms with E-state index < -0.39 is 0 Å². The lowest BCUT2D eigenvalue weighted by Gasteiger charge is -2.31. The first-order chi connectivity index (χ1) is 12.7. The lowest BCUT2D eigenvalue weighted by Crippen LogP contribution is -2.26. The first-order valence-corrected chi connectivity index (χ1v) is 9.04. The number of rotatable bonds is 2. The first-order valence-electron chi connectivity index (χ1n) is 9.04. The summed E-state index contributed by atoms with van der Waals surface area (Å²) in [4.78, 5) is 0. The zero-order valence-corrected chi connectivity index (χ0v) is 14.9. The number of hydrogen-bond donors (Lipinski definition) is 0. The Morgan fingerprint density at radius 3 is 1.96 bits per heavy atom. The van der Waals surface area contributed by atoms with Crippen LogP contribution in [0.25, 0.3) is 16.7 Å². The van der Waals surface area contributed by atoms with Crippen molar-refractivity contribution in [3.05, 3.63) is 125 Å². The van der Waals surface area contributed by atoms with Gasteiger partial charge in [-0.3, -0.25) is 0 Å². The van der Waals surface area contributed by atoms with Gasteiger partial charge in [0.1, 0.15) is 0 Å². The molecule has 132 valence electrons. The third-order valence-corrected chi connectivity index (χ3v) is 6.00. The van der Waals surface area contributed by atoms with Crippen LogP contribution in [0.3, 0.4) is 0 Å². The second-order valence-corrected chi connectivity index (χ2v) is 7.07. The maximum Gasteiger partial charge on any atom is 0.0725 e. The maximum atomic E-state index is 4.21. The SMILES string of the molecule is C.C=CC1=C(C=C)C2(c3ccccc31)c1ccccc1-c1c(C)cccc12. The van der Waals surface area contributed by atoms with Gasteiger partial charge in [0.15, 0.2) is 0 Å². The Bertz CT molecular complexity index is 1130. The number of fused-ring (bicyclic) bond motifs is 7. The summed E-state index contributed by atoms with van der Waals surface area (Å²) >= 11 is 0. The third kappa shape index (κ3) is 1.88. The summed E-state index contributed by atoms with van der Waals surface area (Å²) in [7, 11) is 0. The number of aryl methyl sites for hydroxylation is 1. The molecule has 1 spiro atoms. The van der Waals surface area contributed by atoms with Gasteiger partial charge in [0, 0.05) is 0 Å². The molecule has 0 aromatic heterocycles. The molecule has 3 aromatic carbocycles. The fourth-order valence-electron chi connectivity index (χ4n) is 5.11. The Morgan fingerprint density at radius 1 is 0.704 bits per heavy atom. The van der Waals surface area contributed by atoms with Gasteiger partial charge >= 0.3 is 0 Å². The molecule has 0 aliphatic heterocycles. The van der Waals surface area contributed by atoms with Gasteiger partial charge in [0.25, 0.3) is 0 Å². The Hall–Kier alpha value is -3.12. The molecular formula is C27H24. The van der Waals surface area contributed by atoms with Gasteiger partial charge in [-0.05, 0) is 57.0 Å². The minimum absolute atomic E-state index is 0. The zero-order chi connectivity index (χ0) is 17.9. The second kappa shape index (κ2) is 5.96. The minimum atomic E-state index is -0.292. The van der Waals surface area contributed by atoms with Crippen LogP contribution in [-0.4, -0.2) is 0 Å². The highest BCUT2D eigenvalue weighted by atomic mass is 14.5. The van der Waals surface area contributed by atoms with Crippen LogP contribution in [0.1, 0.15) is 35.2 Å². The van der Waals surface area contributed by atoms with E-state index in [0.717, 1.165) is 0 Å². The topological polar surface area (TPSA) is 0 Å². The smallest absolute Gasteiger partial charge is 0.0725 e. The van der Waals surface area contributed by atoms with E-state index in [4.69, 9.17) is 0 Å². The van der Waals surface area contributed by atoms with Gasteiger partial charge in [0.2, 0.25) is 0 Å². The predicted molar refractivity (Wildman–Crippen MR) is 117 cm³/mol. The monoisotopic (exact) mass is 348 g/mol. The maximum absolute atomic E-state index is 4.21. The van der Waals surface area contributed by atoms with Gasteiger partial charge in [0.05, 0.1) is 5.41 Å². The summed E-state index contributed by atoms with van der Waals surface area (Å²) in [5, 5.41) is 0. The van der Waals surface area contributed by atoms with Crippen molar-refractivity contribution < 1.29 is 0 Å². The van der Waals surface area contributed by atoms with E-state index in [2.05, 4.69) is 86.8 Å². The molecule has 2 aliphatic rings. The van der Waals surface area contributed by atoms with Crippen molar-refractivity contribution in [3.63, 3.8) is 0 Å². The average molecular weight is 348 g/mol. The summed E-state index contributed by atoms with van der Waals surface area (Å²) in [6.45, 7) is 10.5. The summed E-state index contributed by atoms with van der Waals surface area (Å²) in [5.74, 6) is 0. The Kier molecular flexibility index (Phi) is 3.82. The normalized spacial score (nSPS) is 18.6. The highest BCUT2D eigenvalue weighted by Crippen LogP contribution is 2.62. The number of hydrogen-bond acceptors (Lipinski definition) is 0. The molecule has 5 rings (SSSR count). The van der Waals surface area contributed by atoms with E-state index in [1.807, 2.05) is 12.2 Å². The van der Waals surface area contributed by atoms with Crippen molar-refractivity contribution in [1.29, 1.82) is 0 Å². The predicted octanol–water partition coefficient (Wildman–Crippen LogP) is 7.09. The molecule has 0 radical (unpaired) electrons. The van der Waals surface area contributed by atoms with Crippen LogP contribution in [-0.2, 0) is 5.41 Å². The van der Waals surface area contributed by atoms with Crippen LogP contribution >= 0.6 is 0 Å². The fraction of sp³-hybridized carbons (Fsp3) is 0.111. The van der Waals surface area contributed by atoms with Gasteiger partial charge < -0.3 is 0 Å². The lowest BCUT2D eigenvalue weighted by molar-refractivity contribution is 0.786. The van der Waals surface area contributed by atoms with E-state index >= 15 is 0 Å². The van der Waals surface area contributed by atoms with E-state index in [9.17, 15) is 0 Å². The highest BCUT2D eigenvalue weighted by molar-refractivity contribution is 5.98. The van der Waals surface area contributed by atoms with Gasteiger partial charge in [-0.25, -0.2) is 0 Å². The van der Waals surface area contributed by atoms with Crippen molar-refractivity contribution in [1.82, 2.24) is 0 Å². The van der Waals surface area contributed by atoms with E-state index in [1.165, 1.54) is 50.1 Å². The molecule has 2 aliphatic carbocycles. The first kappa shape index (κ1) is 17.3. The molecule has 0 saturated heterocycles. The molecule has 0 N–H and O–H groups in total. The Balaban J connectivity index is 0.00000180. The Labute approximate surface area is 162 Å². The molecule has 0 saturated carbocycles. The minimum Gasteiger partial charge on any atom is -0.0987 e. The third-order valence-electron chi connectivity index (χ3n) is 6.00. The molecule has 0 nitrogen and oxygen atoms in total.